The molecular weight excluding hydrogens is 208 g/mol. The van der Waals surface area contributed by atoms with E-state index < -0.39 is 0 Å². The van der Waals surface area contributed by atoms with Gasteiger partial charge in [-0.05, 0) is 38.3 Å². The lowest BCUT2D eigenvalue weighted by atomic mass is 10.00. The summed E-state index contributed by atoms with van der Waals surface area (Å²) in [7, 11) is 0. The van der Waals surface area contributed by atoms with Crippen LogP contribution in [0.4, 0.5) is 0 Å². The number of hydrogen-bond acceptors (Lipinski definition) is 2. The van der Waals surface area contributed by atoms with E-state index in [1.165, 1.54) is 30.5 Å². The highest BCUT2D eigenvalue weighted by Crippen LogP contribution is 2.19. The van der Waals surface area contributed by atoms with Crippen LogP contribution < -0.4 is 10.6 Å². The van der Waals surface area contributed by atoms with Gasteiger partial charge in [0.25, 0.3) is 0 Å². The maximum absolute atomic E-state index is 3.78. The van der Waals surface area contributed by atoms with Crippen LogP contribution in [0.15, 0.2) is 24.3 Å². The molecule has 94 valence electrons. The van der Waals surface area contributed by atoms with Gasteiger partial charge in [0.2, 0.25) is 0 Å². The summed E-state index contributed by atoms with van der Waals surface area (Å²) >= 11 is 0. The van der Waals surface area contributed by atoms with Crippen molar-refractivity contribution >= 4 is 0 Å². The molecule has 1 aromatic carbocycles. The van der Waals surface area contributed by atoms with Gasteiger partial charge in [0, 0.05) is 18.6 Å². The van der Waals surface area contributed by atoms with E-state index in [0.29, 0.717) is 12.1 Å². The van der Waals surface area contributed by atoms with Crippen LogP contribution >= 0.6 is 0 Å². The third-order valence-electron chi connectivity index (χ3n) is 3.62. The summed E-state index contributed by atoms with van der Waals surface area (Å²) in [6, 6.07) is 10.1. The molecule has 2 rings (SSSR count). The third-order valence-corrected chi connectivity index (χ3v) is 3.62. The number of piperidine rings is 1. The van der Waals surface area contributed by atoms with E-state index in [-0.39, 0.29) is 0 Å². The van der Waals surface area contributed by atoms with Crippen molar-refractivity contribution in [3.63, 3.8) is 0 Å². The molecule has 0 saturated carbocycles. The number of benzene rings is 1. The standard InChI is InChI=1S/C15H24N2/c1-3-15(13-8-6-12(2)7-9-13)17-14-5-4-10-16-11-14/h6-9,14-17H,3-5,10-11H2,1-2H3. The first kappa shape index (κ1) is 12.6. The summed E-state index contributed by atoms with van der Waals surface area (Å²) in [6.45, 7) is 6.69. The van der Waals surface area contributed by atoms with Crippen molar-refractivity contribution in [1.29, 1.82) is 0 Å². The second kappa shape index (κ2) is 6.18. The Balaban J connectivity index is 1.97. The molecular formula is C15H24N2. The Morgan fingerprint density at radius 3 is 2.71 bits per heavy atom. The van der Waals surface area contributed by atoms with Gasteiger partial charge in [0.05, 0.1) is 0 Å². The molecule has 2 N–H and O–H groups in total. The average molecular weight is 232 g/mol. The molecule has 1 fully saturated rings. The monoisotopic (exact) mass is 232 g/mol. The van der Waals surface area contributed by atoms with Crippen LogP contribution in [0.3, 0.4) is 0 Å². The quantitative estimate of drug-likeness (QED) is 0.834. The van der Waals surface area contributed by atoms with Gasteiger partial charge in [0.1, 0.15) is 0 Å². The number of rotatable bonds is 4. The highest BCUT2D eigenvalue weighted by molar-refractivity contribution is 5.24. The van der Waals surface area contributed by atoms with Crippen LogP contribution in [0.5, 0.6) is 0 Å². The predicted molar refractivity (Wildman–Crippen MR) is 73.2 cm³/mol. The van der Waals surface area contributed by atoms with E-state index in [0.717, 1.165) is 13.0 Å². The zero-order valence-electron chi connectivity index (χ0n) is 11.0. The summed E-state index contributed by atoms with van der Waals surface area (Å²) < 4.78 is 0. The second-order valence-electron chi connectivity index (χ2n) is 5.08. The van der Waals surface area contributed by atoms with Crippen molar-refractivity contribution in [2.75, 3.05) is 13.1 Å². The fourth-order valence-electron chi connectivity index (χ4n) is 2.53. The van der Waals surface area contributed by atoms with Crippen molar-refractivity contribution < 1.29 is 0 Å². The van der Waals surface area contributed by atoms with Gasteiger partial charge in [-0.25, -0.2) is 0 Å². The molecule has 0 radical (unpaired) electrons. The fraction of sp³-hybridized carbons (Fsp3) is 0.600. The van der Waals surface area contributed by atoms with Crippen LogP contribution in [-0.2, 0) is 0 Å². The summed E-state index contributed by atoms with van der Waals surface area (Å²) in [5, 5.41) is 7.24. The number of aryl methyl sites for hydroxylation is 1. The highest BCUT2D eigenvalue weighted by Gasteiger charge is 2.17. The minimum Gasteiger partial charge on any atom is -0.315 e. The van der Waals surface area contributed by atoms with E-state index in [9.17, 15) is 0 Å². The molecule has 0 bridgehead atoms. The van der Waals surface area contributed by atoms with Gasteiger partial charge in [-0.2, -0.15) is 0 Å². The zero-order valence-corrected chi connectivity index (χ0v) is 11.0. The van der Waals surface area contributed by atoms with Crippen LogP contribution in [0.1, 0.15) is 43.4 Å². The molecule has 1 saturated heterocycles. The molecule has 0 spiro atoms. The molecule has 0 aliphatic carbocycles. The first-order chi connectivity index (χ1) is 8.29. The molecule has 1 aliphatic rings. The topological polar surface area (TPSA) is 24.1 Å². The van der Waals surface area contributed by atoms with Crippen molar-refractivity contribution in [1.82, 2.24) is 10.6 Å². The minimum absolute atomic E-state index is 0.500. The van der Waals surface area contributed by atoms with Crippen LogP contribution in [0, 0.1) is 6.92 Å². The summed E-state index contributed by atoms with van der Waals surface area (Å²) in [5.41, 5.74) is 2.76. The molecule has 2 unspecified atom stereocenters. The second-order valence-corrected chi connectivity index (χ2v) is 5.08. The van der Waals surface area contributed by atoms with Gasteiger partial charge in [-0.3, -0.25) is 0 Å². The summed E-state index contributed by atoms with van der Waals surface area (Å²) in [4.78, 5) is 0. The molecule has 0 aromatic heterocycles. The maximum Gasteiger partial charge on any atom is 0.0320 e. The Morgan fingerprint density at radius 1 is 1.35 bits per heavy atom. The maximum atomic E-state index is 3.78. The van der Waals surface area contributed by atoms with E-state index in [2.05, 4.69) is 48.7 Å². The lowest BCUT2D eigenvalue weighted by molar-refractivity contribution is 0.348. The van der Waals surface area contributed by atoms with Gasteiger partial charge < -0.3 is 10.6 Å². The summed E-state index contributed by atoms with van der Waals surface area (Å²) in [5.74, 6) is 0. The van der Waals surface area contributed by atoms with Gasteiger partial charge in [0.15, 0.2) is 0 Å². The molecule has 1 heterocycles. The first-order valence-corrected chi connectivity index (χ1v) is 6.83. The van der Waals surface area contributed by atoms with E-state index in [1.54, 1.807) is 0 Å². The van der Waals surface area contributed by atoms with E-state index in [1.807, 2.05) is 0 Å². The first-order valence-electron chi connectivity index (χ1n) is 6.83. The molecule has 2 atom stereocenters. The largest absolute Gasteiger partial charge is 0.315 e. The van der Waals surface area contributed by atoms with Crippen molar-refractivity contribution in [3.8, 4) is 0 Å². The van der Waals surface area contributed by atoms with Crippen LogP contribution in [0.2, 0.25) is 0 Å². The number of nitrogens with one attached hydrogen (secondary N) is 2. The molecule has 2 heteroatoms. The zero-order chi connectivity index (χ0) is 12.1. The van der Waals surface area contributed by atoms with Crippen molar-refractivity contribution in [3.05, 3.63) is 35.4 Å². The highest BCUT2D eigenvalue weighted by atomic mass is 15.0. The number of hydrogen-bond donors (Lipinski definition) is 2. The minimum atomic E-state index is 0.500. The average Bonchev–Trinajstić information content (AvgIpc) is 2.38. The Bertz CT molecular complexity index is 325. The Labute approximate surface area is 105 Å². The molecule has 1 aromatic rings. The van der Waals surface area contributed by atoms with E-state index in [4.69, 9.17) is 0 Å². The Kier molecular flexibility index (Phi) is 4.57. The van der Waals surface area contributed by atoms with Crippen LogP contribution in [-0.4, -0.2) is 19.1 Å². The molecule has 0 amide bonds. The SMILES string of the molecule is CCC(NC1CCCNC1)c1ccc(C)cc1. The van der Waals surface area contributed by atoms with Gasteiger partial charge in [-0.15, -0.1) is 0 Å². The van der Waals surface area contributed by atoms with Gasteiger partial charge >= 0.3 is 0 Å². The Hall–Kier alpha value is -0.860. The normalized spacial score (nSPS) is 22.4. The predicted octanol–water partition coefficient (Wildman–Crippen LogP) is 2.79. The fourth-order valence-corrected chi connectivity index (χ4v) is 2.53. The lowest BCUT2D eigenvalue weighted by Crippen LogP contribution is -2.44. The summed E-state index contributed by atoms with van der Waals surface area (Å²) in [6.07, 6.45) is 3.75. The van der Waals surface area contributed by atoms with Crippen molar-refractivity contribution in [2.45, 2.75) is 45.2 Å². The van der Waals surface area contributed by atoms with Gasteiger partial charge in [-0.1, -0.05) is 36.8 Å². The Morgan fingerprint density at radius 2 is 2.12 bits per heavy atom. The molecule has 2 nitrogen and oxygen atoms in total. The smallest absolute Gasteiger partial charge is 0.0320 e. The third kappa shape index (κ3) is 3.55. The molecule has 1 aliphatic heterocycles. The van der Waals surface area contributed by atoms with Crippen LogP contribution in [0.25, 0.3) is 0 Å². The molecule has 17 heavy (non-hydrogen) atoms. The van der Waals surface area contributed by atoms with Crippen molar-refractivity contribution in [2.24, 2.45) is 0 Å². The lowest BCUT2D eigenvalue weighted by Gasteiger charge is -2.29. The van der Waals surface area contributed by atoms with E-state index >= 15 is 0 Å².